The highest BCUT2D eigenvalue weighted by Gasteiger charge is 1.95. The Morgan fingerprint density at radius 3 is 0.879 bits per heavy atom. The molecule has 6 N–H and O–H groups in total. The van der Waals surface area contributed by atoms with Gasteiger partial charge in [-0.25, -0.2) is 0 Å². The van der Waals surface area contributed by atoms with E-state index in [1.807, 2.05) is 0 Å². The predicted molar refractivity (Wildman–Crippen MR) is 129 cm³/mol. The topological polar surface area (TPSA) is 173 Å². The third-order valence-corrected chi connectivity index (χ3v) is 4.15. The zero-order chi connectivity index (χ0) is 26.3. The second-order valence-corrected chi connectivity index (χ2v) is 7.63. The lowest BCUT2D eigenvalue weighted by atomic mass is 10.2. The summed E-state index contributed by atoms with van der Waals surface area (Å²) in [5.41, 5.74) is 0. The van der Waals surface area contributed by atoms with Gasteiger partial charge in [-0.2, -0.15) is 0 Å². The number of aliphatic carboxylic acids is 3. The number of rotatable bonds is 17. The van der Waals surface area contributed by atoms with Crippen molar-refractivity contribution in [1.29, 1.82) is 0 Å². The van der Waals surface area contributed by atoms with Crippen molar-refractivity contribution in [3.63, 3.8) is 0 Å². The summed E-state index contributed by atoms with van der Waals surface area (Å²) in [6.45, 7) is 5.61. The van der Waals surface area contributed by atoms with Gasteiger partial charge in [0.05, 0.1) is 13.2 Å². The van der Waals surface area contributed by atoms with Gasteiger partial charge in [-0.05, 0) is 19.3 Å². The fraction of sp³-hybridized carbons (Fsp3) is 0.875. The molecule has 9 heteroatoms. The Bertz CT molecular complexity index is 358. The molecule has 0 aromatic carbocycles. The fourth-order valence-corrected chi connectivity index (χ4v) is 2.17. The van der Waals surface area contributed by atoms with Gasteiger partial charge in [-0.15, -0.1) is 0 Å². The number of hydrogen-bond acceptors (Lipinski definition) is 6. The molecule has 0 aliphatic carbocycles. The molecule has 0 saturated heterocycles. The molecule has 0 aromatic rings. The molecule has 0 atom stereocenters. The van der Waals surface area contributed by atoms with Crippen molar-refractivity contribution in [2.75, 3.05) is 13.2 Å². The second kappa shape index (κ2) is 34.9. The quantitative estimate of drug-likeness (QED) is 0.164. The number of carboxylic acids is 3. The average Bonchev–Trinajstić information content (AvgIpc) is 2.77. The van der Waals surface area contributed by atoms with Crippen LogP contribution in [0.4, 0.5) is 0 Å². The highest BCUT2D eigenvalue weighted by atomic mass is 16.4. The third kappa shape index (κ3) is 58.9. The second-order valence-electron chi connectivity index (χ2n) is 7.63. The molecule has 0 rings (SSSR count). The first-order valence-corrected chi connectivity index (χ1v) is 12.2. The maximum Gasteiger partial charge on any atom is 0.303 e. The Balaban J connectivity index is -0.000000172. The Morgan fingerprint density at radius 2 is 0.758 bits per heavy atom. The van der Waals surface area contributed by atoms with E-state index in [4.69, 9.17) is 30.6 Å². The number of hydrogen-bond donors (Lipinski definition) is 6. The molecule has 0 fully saturated rings. The average molecular weight is 483 g/mol. The molecule has 0 bridgehead atoms. The normalized spacial score (nSPS) is 9.55. The van der Waals surface area contributed by atoms with E-state index in [2.05, 4.69) is 20.8 Å². The fourth-order valence-electron chi connectivity index (χ4n) is 2.17. The molecule has 0 aliphatic heterocycles. The van der Waals surface area contributed by atoms with Crippen LogP contribution in [0.3, 0.4) is 0 Å². The molecule has 0 aliphatic rings. The molecule has 0 unspecified atom stereocenters. The van der Waals surface area contributed by atoms with E-state index in [9.17, 15) is 14.4 Å². The Kier molecular flexibility index (Phi) is 40.8. The molecule has 0 aromatic heterocycles. The van der Waals surface area contributed by atoms with E-state index < -0.39 is 24.0 Å². The van der Waals surface area contributed by atoms with Gasteiger partial charge >= 0.3 is 17.9 Å². The zero-order valence-electron chi connectivity index (χ0n) is 21.0. The lowest BCUT2D eigenvalue weighted by Crippen LogP contribution is -2.15. The van der Waals surface area contributed by atoms with Crippen LogP contribution in [0.25, 0.3) is 0 Å². The largest absolute Gasteiger partial charge is 0.481 e. The van der Waals surface area contributed by atoms with Crippen molar-refractivity contribution >= 4 is 17.9 Å². The van der Waals surface area contributed by atoms with Gasteiger partial charge in [0, 0.05) is 19.3 Å². The van der Waals surface area contributed by atoms with Gasteiger partial charge < -0.3 is 30.6 Å². The molecule has 9 nitrogen and oxygen atoms in total. The number of unbranched alkanes of at least 4 members (excludes halogenated alkanes) is 9. The van der Waals surface area contributed by atoms with Gasteiger partial charge in [0.15, 0.2) is 0 Å². The van der Waals surface area contributed by atoms with Crippen molar-refractivity contribution in [2.45, 2.75) is 123 Å². The van der Waals surface area contributed by atoms with Crippen LogP contribution >= 0.6 is 0 Å². The lowest BCUT2D eigenvalue weighted by molar-refractivity contribution is -0.138. The van der Waals surface area contributed by atoms with Crippen LogP contribution in [-0.4, -0.2) is 67.9 Å². The van der Waals surface area contributed by atoms with Gasteiger partial charge in [0.1, 0.15) is 6.10 Å². The number of aliphatic hydroxyl groups excluding tert-OH is 3. The SMILES string of the molecule is CCCCCCC(=O)O.CCCCCCC(=O)O.CCCCCCC(=O)O.OCC(O)CO. The molecular weight excluding hydrogens is 432 g/mol. The Morgan fingerprint density at radius 1 is 0.515 bits per heavy atom. The molecular formula is C24H50O9. The van der Waals surface area contributed by atoms with Gasteiger partial charge in [-0.3, -0.25) is 14.4 Å². The standard InChI is InChI=1S/3C7H14O2.C3H8O3/c3*1-2-3-4-5-6-7(8)9;4-1-3(6)2-5/h3*2-6H2,1H3,(H,8,9);3-6H,1-2H2. The summed E-state index contributed by atoms with van der Waals surface area (Å²) in [7, 11) is 0. The molecule has 0 saturated carbocycles. The Hall–Kier alpha value is -1.71. The maximum atomic E-state index is 9.96. The van der Waals surface area contributed by atoms with Crippen LogP contribution in [0, 0.1) is 0 Å². The van der Waals surface area contributed by atoms with Crippen molar-refractivity contribution in [3.05, 3.63) is 0 Å². The van der Waals surface area contributed by atoms with E-state index in [1.54, 1.807) is 0 Å². The summed E-state index contributed by atoms with van der Waals surface area (Å²) < 4.78 is 0. The summed E-state index contributed by atoms with van der Waals surface area (Å²) in [6.07, 6.45) is 12.7. The minimum atomic E-state index is -0.954. The molecule has 0 amide bonds. The maximum absolute atomic E-state index is 9.96. The third-order valence-electron chi connectivity index (χ3n) is 4.15. The van der Waals surface area contributed by atoms with Crippen LogP contribution in [0.15, 0.2) is 0 Å². The van der Waals surface area contributed by atoms with Crippen molar-refractivity contribution < 1.29 is 45.0 Å². The zero-order valence-corrected chi connectivity index (χ0v) is 21.0. The minimum Gasteiger partial charge on any atom is -0.481 e. The summed E-state index contributed by atoms with van der Waals surface area (Å²) >= 11 is 0. The molecule has 0 spiro atoms. The number of aliphatic hydroxyl groups is 3. The highest BCUT2D eigenvalue weighted by Crippen LogP contribution is 2.02. The van der Waals surface area contributed by atoms with Crippen LogP contribution in [0.5, 0.6) is 0 Å². The first kappa shape index (κ1) is 38.5. The summed E-state index contributed by atoms with van der Waals surface area (Å²) in [5, 5.41) is 48.7. The predicted octanol–water partition coefficient (Wildman–Crippen LogP) is 4.46. The lowest BCUT2D eigenvalue weighted by Gasteiger charge is -1.96. The highest BCUT2D eigenvalue weighted by molar-refractivity contribution is 5.67. The van der Waals surface area contributed by atoms with E-state index in [1.165, 1.54) is 19.3 Å². The number of carboxylic acid groups (broad SMARTS) is 3. The van der Waals surface area contributed by atoms with E-state index in [0.717, 1.165) is 57.8 Å². The van der Waals surface area contributed by atoms with E-state index in [-0.39, 0.29) is 13.2 Å². The van der Waals surface area contributed by atoms with Crippen LogP contribution < -0.4 is 0 Å². The van der Waals surface area contributed by atoms with Crippen molar-refractivity contribution in [1.82, 2.24) is 0 Å². The Labute approximate surface area is 199 Å². The molecule has 33 heavy (non-hydrogen) atoms. The summed E-state index contributed by atoms with van der Waals surface area (Å²) in [5.74, 6) is -2.02. The monoisotopic (exact) mass is 482 g/mol. The minimum absolute atomic E-state index is 0.333. The van der Waals surface area contributed by atoms with Gasteiger partial charge in [-0.1, -0.05) is 78.6 Å². The smallest absolute Gasteiger partial charge is 0.303 e. The van der Waals surface area contributed by atoms with E-state index >= 15 is 0 Å². The van der Waals surface area contributed by atoms with E-state index in [0.29, 0.717) is 19.3 Å². The molecule has 0 radical (unpaired) electrons. The first-order chi connectivity index (χ1) is 15.6. The first-order valence-electron chi connectivity index (χ1n) is 12.2. The van der Waals surface area contributed by atoms with Crippen molar-refractivity contribution in [3.8, 4) is 0 Å². The molecule has 200 valence electrons. The molecule has 0 heterocycles. The van der Waals surface area contributed by atoms with Crippen LogP contribution in [-0.2, 0) is 14.4 Å². The van der Waals surface area contributed by atoms with Gasteiger partial charge in [0.2, 0.25) is 0 Å². The summed E-state index contributed by atoms with van der Waals surface area (Å²) in [4.78, 5) is 29.9. The summed E-state index contributed by atoms with van der Waals surface area (Å²) in [6, 6.07) is 0. The van der Waals surface area contributed by atoms with Crippen molar-refractivity contribution in [2.24, 2.45) is 0 Å². The van der Waals surface area contributed by atoms with Crippen LogP contribution in [0.1, 0.15) is 117 Å². The van der Waals surface area contributed by atoms with Crippen LogP contribution in [0.2, 0.25) is 0 Å². The number of carbonyl (C=O) groups is 3. The van der Waals surface area contributed by atoms with Gasteiger partial charge in [0.25, 0.3) is 0 Å².